The minimum Gasteiger partial charge on any atom is -0.317 e. The number of nitrogens with zero attached hydrogens (tertiary/aromatic N) is 1. The summed E-state index contributed by atoms with van der Waals surface area (Å²) < 4.78 is 0. The zero-order valence-corrected chi connectivity index (χ0v) is 9.98. The molecule has 2 heteroatoms. The van der Waals surface area contributed by atoms with Crippen LogP contribution in [0.1, 0.15) is 47.5 Å². The average molecular weight is 195 g/mol. The third-order valence-electron chi connectivity index (χ3n) is 3.46. The van der Waals surface area contributed by atoms with Crippen LogP contribution in [0.3, 0.4) is 0 Å². The van der Waals surface area contributed by atoms with Crippen molar-refractivity contribution in [1.82, 2.24) is 4.90 Å². The largest absolute Gasteiger partial charge is 0.317 e. The number of allylic oxidation sites excluding steroid dienone is 2. The number of carbonyl (C=O) groups excluding carboxylic acids is 1. The Morgan fingerprint density at radius 3 is 2.36 bits per heavy atom. The van der Waals surface area contributed by atoms with E-state index in [2.05, 4.69) is 20.8 Å². The summed E-state index contributed by atoms with van der Waals surface area (Å²) in [5.41, 5.74) is 2.91. The van der Waals surface area contributed by atoms with E-state index in [-0.39, 0.29) is 11.3 Å². The van der Waals surface area contributed by atoms with Gasteiger partial charge < -0.3 is 4.90 Å². The van der Waals surface area contributed by atoms with Gasteiger partial charge in [0.05, 0.1) is 0 Å². The first-order valence-electron chi connectivity index (χ1n) is 5.38. The molecule has 0 atom stereocenters. The predicted molar refractivity (Wildman–Crippen MR) is 58.8 cm³/mol. The molecule has 0 aliphatic heterocycles. The van der Waals surface area contributed by atoms with Gasteiger partial charge in [0.15, 0.2) is 0 Å². The topological polar surface area (TPSA) is 20.3 Å². The standard InChI is InChI=1S/C12H21NO/c1-6-13(10(3)14)11-7-8-12(4,5)9(11)2/h6-8H2,1-5H3. The van der Waals surface area contributed by atoms with Crippen molar-refractivity contribution in [1.29, 1.82) is 0 Å². The lowest BCUT2D eigenvalue weighted by Crippen LogP contribution is -2.27. The molecule has 1 amide bonds. The molecule has 0 saturated carbocycles. The van der Waals surface area contributed by atoms with Gasteiger partial charge in [0.1, 0.15) is 0 Å². The van der Waals surface area contributed by atoms with E-state index in [1.165, 1.54) is 11.3 Å². The quantitative estimate of drug-likeness (QED) is 0.663. The van der Waals surface area contributed by atoms with E-state index >= 15 is 0 Å². The second-order valence-electron chi connectivity index (χ2n) is 4.72. The third-order valence-corrected chi connectivity index (χ3v) is 3.46. The van der Waals surface area contributed by atoms with E-state index in [0.717, 1.165) is 19.4 Å². The molecule has 1 rings (SSSR count). The van der Waals surface area contributed by atoms with Crippen LogP contribution in [0.2, 0.25) is 0 Å². The second-order valence-corrected chi connectivity index (χ2v) is 4.72. The van der Waals surface area contributed by atoms with Crippen LogP contribution in [0, 0.1) is 5.41 Å². The maximum absolute atomic E-state index is 11.4. The molecule has 2 nitrogen and oxygen atoms in total. The van der Waals surface area contributed by atoms with Gasteiger partial charge >= 0.3 is 0 Å². The lowest BCUT2D eigenvalue weighted by molar-refractivity contribution is -0.126. The zero-order chi connectivity index (χ0) is 10.9. The molecule has 1 aliphatic carbocycles. The minimum absolute atomic E-state index is 0.166. The van der Waals surface area contributed by atoms with Gasteiger partial charge in [-0.15, -0.1) is 0 Å². The van der Waals surface area contributed by atoms with Crippen LogP contribution in [0.15, 0.2) is 11.3 Å². The van der Waals surface area contributed by atoms with Crippen LogP contribution >= 0.6 is 0 Å². The molecule has 0 N–H and O–H groups in total. The van der Waals surface area contributed by atoms with Gasteiger partial charge in [-0.05, 0) is 37.7 Å². The van der Waals surface area contributed by atoms with Crippen molar-refractivity contribution < 1.29 is 4.79 Å². The molecule has 0 heterocycles. The van der Waals surface area contributed by atoms with Crippen LogP contribution in [0.4, 0.5) is 0 Å². The summed E-state index contributed by atoms with van der Waals surface area (Å²) in [5.74, 6) is 0.166. The Labute approximate surface area is 87.0 Å². The molecule has 0 saturated heterocycles. The molecule has 0 bridgehead atoms. The fraction of sp³-hybridized carbons (Fsp3) is 0.750. The van der Waals surface area contributed by atoms with Crippen molar-refractivity contribution in [2.45, 2.75) is 47.5 Å². The molecule has 0 aromatic carbocycles. The zero-order valence-electron chi connectivity index (χ0n) is 9.98. The van der Waals surface area contributed by atoms with Crippen molar-refractivity contribution in [3.05, 3.63) is 11.3 Å². The SMILES string of the molecule is CCN(C(C)=O)C1=C(C)C(C)(C)CC1. The molecule has 1 aliphatic rings. The van der Waals surface area contributed by atoms with Crippen LogP contribution in [-0.2, 0) is 4.79 Å². The molecule has 0 aromatic heterocycles. The maximum atomic E-state index is 11.4. The van der Waals surface area contributed by atoms with Crippen LogP contribution < -0.4 is 0 Å². The Bertz CT molecular complexity index is 276. The number of hydrogen-bond acceptors (Lipinski definition) is 1. The van der Waals surface area contributed by atoms with Gasteiger partial charge in [-0.25, -0.2) is 0 Å². The highest BCUT2D eigenvalue weighted by Gasteiger charge is 2.32. The Morgan fingerprint density at radius 1 is 1.50 bits per heavy atom. The number of amides is 1. The molecule has 14 heavy (non-hydrogen) atoms. The minimum atomic E-state index is 0.166. The van der Waals surface area contributed by atoms with E-state index in [1.807, 2.05) is 11.8 Å². The number of hydrogen-bond donors (Lipinski definition) is 0. The van der Waals surface area contributed by atoms with Crippen molar-refractivity contribution >= 4 is 5.91 Å². The fourth-order valence-corrected chi connectivity index (χ4v) is 2.14. The van der Waals surface area contributed by atoms with Gasteiger partial charge in [0.25, 0.3) is 0 Å². The maximum Gasteiger partial charge on any atom is 0.223 e. The van der Waals surface area contributed by atoms with Crippen molar-refractivity contribution in [2.75, 3.05) is 6.54 Å². The lowest BCUT2D eigenvalue weighted by Gasteiger charge is -2.23. The summed E-state index contributed by atoms with van der Waals surface area (Å²) in [7, 11) is 0. The summed E-state index contributed by atoms with van der Waals surface area (Å²) in [4.78, 5) is 13.3. The summed E-state index contributed by atoms with van der Waals surface area (Å²) in [6.45, 7) is 11.1. The summed E-state index contributed by atoms with van der Waals surface area (Å²) in [6.07, 6.45) is 2.21. The first kappa shape index (κ1) is 11.3. The summed E-state index contributed by atoms with van der Waals surface area (Å²) in [6, 6.07) is 0. The molecular weight excluding hydrogens is 174 g/mol. The normalized spacial score (nSPS) is 20.1. The Hall–Kier alpha value is -0.790. The highest BCUT2D eigenvalue weighted by atomic mass is 16.2. The van der Waals surface area contributed by atoms with Gasteiger partial charge in [-0.1, -0.05) is 13.8 Å². The van der Waals surface area contributed by atoms with Gasteiger partial charge in [0.2, 0.25) is 5.91 Å². The van der Waals surface area contributed by atoms with Gasteiger partial charge in [-0.3, -0.25) is 4.79 Å². The van der Waals surface area contributed by atoms with Crippen LogP contribution in [-0.4, -0.2) is 17.4 Å². The fourth-order valence-electron chi connectivity index (χ4n) is 2.14. The van der Waals surface area contributed by atoms with Crippen molar-refractivity contribution in [3.8, 4) is 0 Å². The molecule has 0 unspecified atom stereocenters. The van der Waals surface area contributed by atoms with Crippen molar-refractivity contribution in [3.63, 3.8) is 0 Å². The van der Waals surface area contributed by atoms with E-state index in [4.69, 9.17) is 0 Å². The molecule has 0 fully saturated rings. The monoisotopic (exact) mass is 195 g/mol. The second kappa shape index (κ2) is 3.76. The summed E-state index contributed by atoms with van der Waals surface area (Å²) >= 11 is 0. The molecule has 0 radical (unpaired) electrons. The smallest absolute Gasteiger partial charge is 0.223 e. The van der Waals surface area contributed by atoms with E-state index in [0.29, 0.717) is 0 Å². The van der Waals surface area contributed by atoms with Crippen molar-refractivity contribution in [2.24, 2.45) is 5.41 Å². The van der Waals surface area contributed by atoms with E-state index < -0.39 is 0 Å². The third kappa shape index (κ3) is 1.84. The Balaban J connectivity index is 2.98. The first-order chi connectivity index (χ1) is 6.40. The molecule has 80 valence electrons. The average Bonchev–Trinajstić information content (AvgIpc) is 2.32. The van der Waals surface area contributed by atoms with Crippen LogP contribution in [0.25, 0.3) is 0 Å². The highest BCUT2D eigenvalue weighted by Crippen LogP contribution is 2.42. The Morgan fingerprint density at radius 2 is 2.07 bits per heavy atom. The molecule has 0 spiro atoms. The summed E-state index contributed by atoms with van der Waals surface area (Å²) in [5, 5.41) is 0. The number of carbonyl (C=O) groups is 1. The van der Waals surface area contributed by atoms with E-state index in [9.17, 15) is 4.79 Å². The number of rotatable bonds is 2. The van der Waals surface area contributed by atoms with E-state index in [1.54, 1.807) is 6.92 Å². The lowest BCUT2D eigenvalue weighted by atomic mass is 9.87. The first-order valence-corrected chi connectivity index (χ1v) is 5.38. The van der Waals surface area contributed by atoms with Crippen LogP contribution in [0.5, 0.6) is 0 Å². The predicted octanol–water partition coefficient (Wildman–Crippen LogP) is 2.95. The molecular formula is C12H21NO. The van der Waals surface area contributed by atoms with Gasteiger partial charge in [-0.2, -0.15) is 0 Å². The Kier molecular flexibility index (Phi) is 3.03. The molecule has 0 aromatic rings. The highest BCUT2D eigenvalue weighted by molar-refractivity contribution is 5.75. The van der Waals surface area contributed by atoms with Gasteiger partial charge in [0, 0.05) is 19.2 Å².